The van der Waals surface area contributed by atoms with Gasteiger partial charge in [-0.25, -0.2) is 4.79 Å². The van der Waals surface area contributed by atoms with E-state index in [9.17, 15) is 19.8 Å². The topological polar surface area (TPSA) is 81.1 Å². The van der Waals surface area contributed by atoms with Crippen molar-refractivity contribution in [2.45, 2.75) is 51.5 Å². The maximum atomic E-state index is 12.6. The SMILES string of the molecule is CC1(C(=O)O)CCN(C(=O)N(CCO)C2CCCC2)CC1. The zero-order valence-corrected chi connectivity index (χ0v) is 12.8. The van der Waals surface area contributed by atoms with Crippen molar-refractivity contribution >= 4 is 12.0 Å². The van der Waals surface area contributed by atoms with E-state index < -0.39 is 11.4 Å². The van der Waals surface area contributed by atoms with Crippen LogP contribution in [0.5, 0.6) is 0 Å². The second-order valence-electron chi connectivity index (χ2n) is 6.49. The van der Waals surface area contributed by atoms with Crippen molar-refractivity contribution in [3.63, 3.8) is 0 Å². The third kappa shape index (κ3) is 3.48. The first-order chi connectivity index (χ1) is 9.98. The molecule has 1 aliphatic heterocycles. The summed E-state index contributed by atoms with van der Waals surface area (Å²) in [5.41, 5.74) is -0.716. The molecule has 1 heterocycles. The summed E-state index contributed by atoms with van der Waals surface area (Å²) < 4.78 is 0. The highest BCUT2D eigenvalue weighted by Crippen LogP contribution is 2.32. The minimum atomic E-state index is -0.780. The predicted octanol–water partition coefficient (Wildman–Crippen LogP) is 1.53. The van der Waals surface area contributed by atoms with Crippen molar-refractivity contribution in [1.29, 1.82) is 0 Å². The molecule has 1 saturated heterocycles. The quantitative estimate of drug-likeness (QED) is 0.824. The molecular formula is C15H26N2O4. The number of urea groups is 1. The standard InChI is InChI=1S/C15H26N2O4/c1-15(13(19)20)6-8-16(9-7-15)14(21)17(10-11-18)12-4-2-3-5-12/h12,18H,2-11H2,1H3,(H,19,20). The summed E-state index contributed by atoms with van der Waals surface area (Å²) in [7, 11) is 0. The van der Waals surface area contributed by atoms with Crippen LogP contribution in [0.15, 0.2) is 0 Å². The smallest absolute Gasteiger partial charge is 0.320 e. The van der Waals surface area contributed by atoms with Gasteiger partial charge in [0.05, 0.1) is 12.0 Å². The molecular weight excluding hydrogens is 272 g/mol. The summed E-state index contributed by atoms with van der Waals surface area (Å²) in [5.74, 6) is -0.780. The van der Waals surface area contributed by atoms with Crippen molar-refractivity contribution in [2.24, 2.45) is 5.41 Å². The van der Waals surface area contributed by atoms with Gasteiger partial charge in [0.1, 0.15) is 0 Å². The van der Waals surface area contributed by atoms with Gasteiger partial charge in [-0.2, -0.15) is 0 Å². The number of hydrogen-bond acceptors (Lipinski definition) is 3. The van der Waals surface area contributed by atoms with Crippen LogP contribution < -0.4 is 0 Å². The largest absolute Gasteiger partial charge is 0.481 e. The molecule has 6 heteroatoms. The number of carboxylic acids is 1. The summed E-state index contributed by atoms with van der Waals surface area (Å²) in [5, 5.41) is 18.5. The Morgan fingerprint density at radius 1 is 1.24 bits per heavy atom. The molecule has 0 unspecified atom stereocenters. The Balaban J connectivity index is 1.97. The summed E-state index contributed by atoms with van der Waals surface area (Å²) in [6, 6.07) is 0.195. The van der Waals surface area contributed by atoms with E-state index in [2.05, 4.69) is 0 Å². The second-order valence-corrected chi connectivity index (χ2v) is 6.49. The number of hydrogen-bond donors (Lipinski definition) is 2. The van der Waals surface area contributed by atoms with Gasteiger partial charge in [0.15, 0.2) is 0 Å². The summed E-state index contributed by atoms with van der Waals surface area (Å²) in [4.78, 5) is 27.4. The minimum Gasteiger partial charge on any atom is -0.481 e. The van der Waals surface area contributed by atoms with Crippen LogP contribution in [0, 0.1) is 5.41 Å². The number of carbonyl (C=O) groups is 2. The molecule has 1 aliphatic carbocycles. The molecule has 2 amide bonds. The molecule has 2 fully saturated rings. The van der Waals surface area contributed by atoms with E-state index in [1.165, 1.54) is 0 Å². The summed E-state index contributed by atoms with van der Waals surface area (Å²) in [6.07, 6.45) is 5.27. The Kier molecular flexibility index (Phi) is 5.08. The number of carbonyl (C=O) groups excluding carboxylic acids is 1. The Morgan fingerprint density at radius 2 is 1.81 bits per heavy atom. The van der Waals surface area contributed by atoms with E-state index in [0.717, 1.165) is 25.7 Å². The number of aliphatic hydroxyl groups is 1. The monoisotopic (exact) mass is 298 g/mol. The third-order valence-corrected chi connectivity index (χ3v) is 5.01. The number of amides is 2. The van der Waals surface area contributed by atoms with Crippen LogP contribution in [0.2, 0.25) is 0 Å². The maximum absolute atomic E-state index is 12.6. The molecule has 21 heavy (non-hydrogen) atoms. The third-order valence-electron chi connectivity index (χ3n) is 5.01. The van der Waals surface area contributed by atoms with Gasteiger partial charge in [-0.05, 0) is 32.6 Å². The lowest BCUT2D eigenvalue weighted by molar-refractivity contribution is -0.150. The lowest BCUT2D eigenvalue weighted by Crippen LogP contribution is -2.52. The average molecular weight is 298 g/mol. The number of carboxylic acid groups (broad SMARTS) is 1. The normalized spacial score (nSPS) is 22.3. The number of aliphatic carboxylic acids is 1. The van der Waals surface area contributed by atoms with Gasteiger partial charge in [-0.1, -0.05) is 12.8 Å². The van der Waals surface area contributed by atoms with Gasteiger partial charge >= 0.3 is 12.0 Å². The van der Waals surface area contributed by atoms with E-state index in [1.54, 1.807) is 16.7 Å². The average Bonchev–Trinajstić information content (AvgIpc) is 2.98. The van der Waals surface area contributed by atoms with E-state index in [-0.39, 0.29) is 18.7 Å². The maximum Gasteiger partial charge on any atom is 0.320 e. The van der Waals surface area contributed by atoms with Crippen molar-refractivity contribution in [2.75, 3.05) is 26.2 Å². The molecule has 2 rings (SSSR count). The number of likely N-dealkylation sites (tertiary alicyclic amines) is 1. The first kappa shape index (κ1) is 16.1. The van der Waals surface area contributed by atoms with E-state index in [4.69, 9.17) is 0 Å². The van der Waals surface area contributed by atoms with Crippen molar-refractivity contribution in [3.8, 4) is 0 Å². The highest BCUT2D eigenvalue weighted by molar-refractivity contribution is 5.77. The fourth-order valence-corrected chi connectivity index (χ4v) is 3.35. The molecule has 6 nitrogen and oxygen atoms in total. The molecule has 0 aromatic rings. The van der Waals surface area contributed by atoms with Gasteiger partial charge < -0.3 is 20.0 Å². The number of rotatable bonds is 4. The lowest BCUT2D eigenvalue weighted by atomic mass is 9.80. The van der Waals surface area contributed by atoms with Crippen molar-refractivity contribution in [3.05, 3.63) is 0 Å². The molecule has 2 aliphatic rings. The summed E-state index contributed by atoms with van der Waals surface area (Å²) >= 11 is 0. The zero-order chi connectivity index (χ0) is 15.5. The molecule has 120 valence electrons. The molecule has 0 aromatic carbocycles. The van der Waals surface area contributed by atoms with Crippen molar-refractivity contribution < 1.29 is 19.8 Å². The molecule has 0 aromatic heterocycles. The lowest BCUT2D eigenvalue weighted by Gasteiger charge is -2.40. The fraction of sp³-hybridized carbons (Fsp3) is 0.867. The molecule has 0 radical (unpaired) electrons. The fourth-order valence-electron chi connectivity index (χ4n) is 3.35. The van der Waals surface area contributed by atoms with Gasteiger partial charge in [0.25, 0.3) is 0 Å². The van der Waals surface area contributed by atoms with Crippen LogP contribution in [0.1, 0.15) is 45.4 Å². The Labute approximate surface area is 125 Å². The first-order valence-electron chi connectivity index (χ1n) is 7.88. The van der Waals surface area contributed by atoms with E-state index in [0.29, 0.717) is 32.5 Å². The van der Waals surface area contributed by atoms with Gasteiger partial charge in [0, 0.05) is 25.7 Å². The van der Waals surface area contributed by atoms with Crippen LogP contribution in [0.25, 0.3) is 0 Å². The van der Waals surface area contributed by atoms with Crippen LogP contribution in [-0.4, -0.2) is 64.3 Å². The molecule has 1 saturated carbocycles. The highest BCUT2D eigenvalue weighted by Gasteiger charge is 2.39. The van der Waals surface area contributed by atoms with Crippen LogP contribution in [0.3, 0.4) is 0 Å². The first-order valence-corrected chi connectivity index (χ1v) is 7.88. The minimum absolute atomic E-state index is 0.0249. The van der Waals surface area contributed by atoms with Gasteiger partial charge in [-0.15, -0.1) is 0 Å². The Bertz CT molecular complexity index is 385. The van der Waals surface area contributed by atoms with Gasteiger partial charge in [0.2, 0.25) is 0 Å². The van der Waals surface area contributed by atoms with Crippen LogP contribution in [0.4, 0.5) is 4.79 Å². The van der Waals surface area contributed by atoms with Crippen LogP contribution in [-0.2, 0) is 4.79 Å². The van der Waals surface area contributed by atoms with Crippen molar-refractivity contribution in [1.82, 2.24) is 9.80 Å². The molecule has 0 atom stereocenters. The predicted molar refractivity (Wildman–Crippen MR) is 78.0 cm³/mol. The Hall–Kier alpha value is -1.30. The molecule has 0 spiro atoms. The number of nitrogens with zero attached hydrogens (tertiary/aromatic N) is 2. The number of piperidine rings is 1. The van der Waals surface area contributed by atoms with E-state index in [1.807, 2.05) is 0 Å². The van der Waals surface area contributed by atoms with E-state index >= 15 is 0 Å². The highest BCUT2D eigenvalue weighted by atomic mass is 16.4. The van der Waals surface area contributed by atoms with Gasteiger partial charge in [-0.3, -0.25) is 4.79 Å². The Morgan fingerprint density at radius 3 is 2.29 bits per heavy atom. The molecule has 2 N–H and O–H groups in total. The number of aliphatic hydroxyl groups excluding tert-OH is 1. The molecule has 0 bridgehead atoms. The second kappa shape index (κ2) is 6.64. The van der Waals surface area contributed by atoms with Crippen LogP contribution >= 0.6 is 0 Å². The zero-order valence-electron chi connectivity index (χ0n) is 12.8. The summed E-state index contributed by atoms with van der Waals surface area (Å²) in [6.45, 7) is 3.06.